The van der Waals surface area contributed by atoms with Crippen molar-refractivity contribution in [3.8, 4) is 0 Å². The van der Waals surface area contributed by atoms with Crippen LogP contribution in [0.3, 0.4) is 0 Å². The van der Waals surface area contributed by atoms with E-state index in [1.54, 1.807) is 0 Å². The lowest BCUT2D eigenvalue weighted by molar-refractivity contribution is -0.870. The topological polar surface area (TPSA) is 105 Å². The van der Waals surface area contributed by atoms with Crippen molar-refractivity contribution < 1.29 is 32.9 Å². The third-order valence-corrected chi connectivity index (χ3v) is 9.38. The summed E-state index contributed by atoms with van der Waals surface area (Å²) in [4.78, 5) is 22.9. The number of likely N-dealkylation sites (N-methyl/N-ethyl adjacent to an activating group) is 1. The average molecular weight is 700 g/mol. The van der Waals surface area contributed by atoms with Crippen LogP contribution in [0.25, 0.3) is 0 Å². The Hall–Kier alpha value is -1.28. The number of aliphatic hydroxyl groups excluding tert-OH is 1. The second-order valence-electron chi connectivity index (χ2n) is 14.3. The molecule has 3 unspecified atom stereocenters. The number of aliphatic hydroxyl groups is 1. The van der Waals surface area contributed by atoms with E-state index in [0.717, 1.165) is 77.0 Å². The van der Waals surface area contributed by atoms with Crippen LogP contribution in [0.2, 0.25) is 0 Å². The highest BCUT2D eigenvalue weighted by Crippen LogP contribution is 2.43. The highest BCUT2D eigenvalue weighted by atomic mass is 31.2. The third kappa shape index (κ3) is 33.2. The van der Waals surface area contributed by atoms with Crippen LogP contribution in [0.5, 0.6) is 0 Å². The minimum atomic E-state index is -4.30. The first kappa shape index (κ1) is 46.7. The Bertz CT molecular complexity index is 886. The fraction of sp³-hybridized carbons (Fsp3) is 0.821. The number of allylic oxidation sites excluding steroid dienone is 6. The molecule has 0 aromatic carbocycles. The van der Waals surface area contributed by atoms with Gasteiger partial charge in [0.05, 0.1) is 39.9 Å². The number of hydrogen-bond acceptors (Lipinski definition) is 5. The fourth-order valence-electron chi connectivity index (χ4n) is 5.23. The van der Waals surface area contributed by atoms with Gasteiger partial charge in [-0.15, -0.1) is 0 Å². The molecule has 3 atom stereocenters. The summed E-state index contributed by atoms with van der Waals surface area (Å²) in [5.41, 5.74) is 0. The van der Waals surface area contributed by atoms with E-state index in [9.17, 15) is 19.4 Å². The zero-order valence-electron chi connectivity index (χ0n) is 31.7. The van der Waals surface area contributed by atoms with Crippen molar-refractivity contribution in [2.75, 3.05) is 40.9 Å². The highest BCUT2D eigenvalue weighted by molar-refractivity contribution is 7.47. The molecule has 0 aliphatic carbocycles. The number of amides is 1. The Morgan fingerprint density at radius 1 is 0.708 bits per heavy atom. The summed E-state index contributed by atoms with van der Waals surface area (Å²) in [6, 6.07) is -0.763. The van der Waals surface area contributed by atoms with E-state index in [2.05, 4.69) is 55.6 Å². The lowest BCUT2D eigenvalue weighted by atomic mass is 10.0. The number of carbonyl (C=O) groups excluding carboxylic acids is 1. The Balaban J connectivity index is 4.21. The summed E-state index contributed by atoms with van der Waals surface area (Å²) in [7, 11) is 1.59. The van der Waals surface area contributed by atoms with Crippen molar-refractivity contribution in [3.05, 3.63) is 36.5 Å². The van der Waals surface area contributed by atoms with Gasteiger partial charge in [0.15, 0.2) is 0 Å². The lowest BCUT2D eigenvalue weighted by Gasteiger charge is -2.26. The van der Waals surface area contributed by atoms with Gasteiger partial charge in [-0.25, -0.2) is 4.57 Å². The lowest BCUT2D eigenvalue weighted by Crippen LogP contribution is -2.46. The van der Waals surface area contributed by atoms with Gasteiger partial charge in [0.25, 0.3) is 0 Å². The zero-order chi connectivity index (χ0) is 35.8. The molecule has 0 heterocycles. The van der Waals surface area contributed by atoms with Crippen molar-refractivity contribution in [2.24, 2.45) is 0 Å². The van der Waals surface area contributed by atoms with E-state index in [1.165, 1.54) is 51.4 Å². The first-order chi connectivity index (χ1) is 23.0. The highest BCUT2D eigenvalue weighted by Gasteiger charge is 2.28. The van der Waals surface area contributed by atoms with Gasteiger partial charge in [-0.2, -0.15) is 0 Å². The minimum Gasteiger partial charge on any atom is -0.391 e. The summed E-state index contributed by atoms with van der Waals surface area (Å²) in [6.45, 7) is 4.75. The summed E-state index contributed by atoms with van der Waals surface area (Å²) in [5, 5.41) is 13.7. The summed E-state index contributed by atoms with van der Waals surface area (Å²) in [6.07, 6.45) is 36.3. The average Bonchev–Trinajstić information content (AvgIpc) is 3.02. The maximum absolute atomic E-state index is 12.7. The second kappa shape index (κ2) is 31.7. The van der Waals surface area contributed by atoms with Crippen LogP contribution in [0.15, 0.2) is 36.5 Å². The van der Waals surface area contributed by atoms with Gasteiger partial charge < -0.3 is 19.8 Å². The standard InChI is InChI=1S/C39H75N2O6P/c1-6-8-10-12-13-14-15-16-17-18-19-20-21-22-23-24-25-26-27-29-31-33-39(43)40-37(38(42)32-30-28-11-9-7-2)36-47-48(44,45)46-35-34-41(3,4)5/h15-16,18-19,21-22,37-38,42H,6-14,17,20,23-36H2,1-5H3,(H-,40,43,44,45)/p+1/b16-15-,19-18-,22-21-. The molecule has 282 valence electrons. The molecule has 48 heavy (non-hydrogen) atoms. The number of rotatable bonds is 34. The normalized spacial score (nSPS) is 15.1. The number of hydrogen-bond donors (Lipinski definition) is 3. The largest absolute Gasteiger partial charge is 0.472 e. The third-order valence-electron chi connectivity index (χ3n) is 8.39. The number of phosphoric acid groups is 1. The number of phosphoric ester groups is 1. The second-order valence-corrected chi connectivity index (χ2v) is 15.8. The van der Waals surface area contributed by atoms with Gasteiger partial charge in [0.1, 0.15) is 13.2 Å². The first-order valence-electron chi connectivity index (χ1n) is 19.4. The zero-order valence-corrected chi connectivity index (χ0v) is 32.6. The maximum atomic E-state index is 12.7. The molecular weight excluding hydrogens is 623 g/mol. The quantitative estimate of drug-likeness (QED) is 0.0267. The van der Waals surface area contributed by atoms with E-state index in [1.807, 2.05) is 21.1 Å². The van der Waals surface area contributed by atoms with Crippen LogP contribution in [0, 0.1) is 0 Å². The number of quaternary nitrogens is 1. The fourth-order valence-corrected chi connectivity index (χ4v) is 5.96. The molecule has 0 radical (unpaired) electrons. The van der Waals surface area contributed by atoms with Gasteiger partial charge in [0, 0.05) is 6.42 Å². The molecule has 0 bridgehead atoms. The molecule has 0 saturated heterocycles. The van der Waals surface area contributed by atoms with Gasteiger partial charge in [-0.05, 0) is 51.4 Å². The van der Waals surface area contributed by atoms with Crippen molar-refractivity contribution in [3.63, 3.8) is 0 Å². The molecule has 0 spiro atoms. The first-order valence-corrected chi connectivity index (χ1v) is 20.8. The van der Waals surface area contributed by atoms with Crippen LogP contribution in [-0.4, -0.2) is 73.4 Å². The van der Waals surface area contributed by atoms with E-state index < -0.39 is 20.0 Å². The Labute approximate surface area is 296 Å². The maximum Gasteiger partial charge on any atom is 0.472 e. The summed E-state index contributed by atoms with van der Waals surface area (Å²) in [5.74, 6) is -0.166. The number of unbranched alkanes of at least 4 members (excludes halogenated alkanes) is 15. The molecule has 0 fully saturated rings. The molecule has 9 heteroatoms. The smallest absolute Gasteiger partial charge is 0.391 e. The molecule has 8 nitrogen and oxygen atoms in total. The van der Waals surface area contributed by atoms with E-state index in [0.29, 0.717) is 23.9 Å². The van der Waals surface area contributed by atoms with E-state index in [4.69, 9.17) is 9.05 Å². The van der Waals surface area contributed by atoms with Crippen LogP contribution < -0.4 is 5.32 Å². The monoisotopic (exact) mass is 700 g/mol. The molecule has 0 aliphatic rings. The molecule has 0 aromatic heterocycles. The van der Waals surface area contributed by atoms with Crippen LogP contribution >= 0.6 is 7.82 Å². The predicted molar refractivity (Wildman–Crippen MR) is 203 cm³/mol. The molecule has 0 aliphatic heterocycles. The number of carbonyl (C=O) groups is 1. The van der Waals surface area contributed by atoms with Gasteiger partial charge in [0.2, 0.25) is 5.91 Å². The molecule has 1 amide bonds. The Morgan fingerprint density at radius 2 is 1.19 bits per heavy atom. The van der Waals surface area contributed by atoms with Crippen molar-refractivity contribution >= 4 is 13.7 Å². The molecule has 0 rings (SSSR count). The van der Waals surface area contributed by atoms with E-state index in [-0.39, 0.29) is 19.1 Å². The van der Waals surface area contributed by atoms with Crippen LogP contribution in [-0.2, 0) is 18.4 Å². The van der Waals surface area contributed by atoms with Gasteiger partial charge in [-0.1, -0.05) is 134 Å². The predicted octanol–water partition coefficient (Wildman–Crippen LogP) is 9.96. The number of nitrogens with zero attached hydrogens (tertiary/aromatic N) is 1. The minimum absolute atomic E-state index is 0.0697. The molecule has 0 aromatic rings. The Kier molecular flexibility index (Phi) is 30.8. The van der Waals surface area contributed by atoms with Crippen molar-refractivity contribution in [1.29, 1.82) is 0 Å². The van der Waals surface area contributed by atoms with E-state index >= 15 is 0 Å². The van der Waals surface area contributed by atoms with Crippen molar-refractivity contribution in [2.45, 2.75) is 167 Å². The summed E-state index contributed by atoms with van der Waals surface area (Å²) >= 11 is 0. The van der Waals surface area contributed by atoms with Crippen LogP contribution in [0.4, 0.5) is 0 Å². The summed E-state index contributed by atoms with van der Waals surface area (Å²) < 4.78 is 23.3. The van der Waals surface area contributed by atoms with Gasteiger partial charge >= 0.3 is 7.82 Å². The molecule has 3 N–H and O–H groups in total. The Morgan fingerprint density at radius 3 is 1.73 bits per heavy atom. The number of nitrogens with one attached hydrogen (secondary N) is 1. The van der Waals surface area contributed by atoms with Gasteiger partial charge in [-0.3, -0.25) is 13.8 Å². The molecular formula is C39H76N2O6P+. The SMILES string of the molecule is CCCCCCC/C=C\C/C=C\C/C=C\CCCCCCCCC(=O)NC(COP(=O)(O)OCC[N+](C)(C)C)C(O)CCCCCCC. The van der Waals surface area contributed by atoms with Crippen molar-refractivity contribution in [1.82, 2.24) is 5.32 Å². The molecule has 0 saturated carbocycles. The van der Waals surface area contributed by atoms with Crippen LogP contribution in [0.1, 0.15) is 155 Å².